The lowest BCUT2D eigenvalue weighted by molar-refractivity contribution is -0.122. The Hall–Kier alpha value is -2.19. The van der Waals surface area contributed by atoms with Crippen LogP contribution < -0.4 is 10.9 Å². The van der Waals surface area contributed by atoms with Gasteiger partial charge in [0.25, 0.3) is 11.5 Å². The van der Waals surface area contributed by atoms with Crippen molar-refractivity contribution in [2.24, 2.45) is 0 Å². The van der Waals surface area contributed by atoms with Gasteiger partial charge in [0.05, 0.1) is 10.5 Å². The molecule has 0 saturated carbocycles. The first-order valence-electron chi connectivity index (χ1n) is 8.99. The van der Waals surface area contributed by atoms with Crippen molar-refractivity contribution >= 4 is 51.7 Å². The van der Waals surface area contributed by atoms with E-state index in [9.17, 15) is 9.59 Å². The Balaban J connectivity index is 2.11. The van der Waals surface area contributed by atoms with Gasteiger partial charge >= 0.3 is 0 Å². The predicted octanol–water partition coefficient (Wildman–Crippen LogP) is 3.44. The van der Waals surface area contributed by atoms with Crippen molar-refractivity contribution in [3.63, 3.8) is 0 Å². The van der Waals surface area contributed by atoms with Crippen LogP contribution in [0.15, 0.2) is 28.0 Å². The normalized spacial score (nSPS) is 16.0. The number of aryl methyl sites for hydroxylation is 1. The number of hydrogen-bond donors (Lipinski definition) is 1. The summed E-state index contributed by atoms with van der Waals surface area (Å²) in [4.78, 5) is 32.5. The molecule has 0 atom stereocenters. The number of thioether (sulfide) groups is 1. The summed E-state index contributed by atoms with van der Waals surface area (Å²) in [6.45, 7) is 7.14. The molecule has 1 aliphatic rings. The molecule has 3 rings (SSSR count). The number of anilines is 1. The topological polar surface area (TPSA) is 66.7 Å². The highest BCUT2D eigenvalue weighted by molar-refractivity contribution is 8.26. The Labute approximate surface area is 167 Å². The number of hydrogen-bond acceptors (Lipinski definition) is 6. The molecule has 0 radical (unpaired) electrons. The Morgan fingerprint density at radius 1 is 1.33 bits per heavy atom. The lowest BCUT2D eigenvalue weighted by Crippen LogP contribution is -2.29. The van der Waals surface area contributed by atoms with Gasteiger partial charge < -0.3 is 5.32 Å². The lowest BCUT2D eigenvalue weighted by atomic mass is 10.2. The summed E-state index contributed by atoms with van der Waals surface area (Å²) in [5, 5.41) is 3.15. The van der Waals surface area contributed by atoms with Crippen LogP contribution in [-0.2, 0) is 4.79 Å². The van der Waals surface area contributed by atoms with E-state index in [1.807, 2.05) is 26.0 Å². The van der Waals surface area contributed by atoms with E-state index in [1.54, 1.807) is 17.2 Å². The molecule has 1 fully saturated rings. The zero-order chi connectivity index (χ0) is 19.6. The number of amides is 1. The molecule has 0 aromatic carbocycles. The smallest absolute Gasteiger partial charge is 0.267 e. The highest BCUT2D eigenvalue weighted by atomic mass is 32.2. The minimum absolute atomic E-state index is 0.144. The number of rotatable bonds is 6. The van der Waals surface area contributed by atoms with E-state index in [0.29, 0.717) is 39.3 Å². The largest absolute Gasteiger partial charge is 0.370 e. The number of carbonyl (C=O) groups is 1. The number of carbonyl (C=O) groups excluding carboxylic acids is 1. The molecule has 0 unspecified atom stereocenters. The van der Waals surface area contributed by atoms with Crippen LogP contribution in [0.3, 0.4) is 0 Å². The van der Waals surface area contributed by atoms with Crippen LogP contribution in [0, 0.1) is 6.92 Å². The van der Waals surface area contributed by atoms with Crippen LogP contribution in [0.2, 0.25) is 0 Å². The van der Waals surface area contributed by atoms with Gasteiger partial charge in [-0.3, -0.25) is 18.9 Å². The van der Waals surface area contributed by atoms with Crippen molar-refractivity contribution in [3.8, 4) is 0 Å². The molecule has 1 saturated heterocycles. The molecule has 1 N–H and O–H groups in total. The first-order valence-corrected chi connectivity index (χ1v) is 10.2. The van der Waals surface area contributed by atoms with Crippen LogP contribution in [0.1, 0.15) is 37.8 Å². The third kappa shape index (κ3) is 3.77. The minimum atomic E-state index is -0.210. The van der Waals surface area contributed by atoms with Gasteiger partial charge in [-0.25, -0.2) is 4.98 Å². The molecule has 3 heterocycles. The number of fused-ring (bicyclic) bond motifs is 1. The fourth-order valence-electron chi connectivity index (χ4n) is 2.88. The molecule has 0 bridgehead atoms. The summed E-state index contributed by atoms with van der Waals surface area (Å²) in [5.41, 5.74) is 1.67. The van der Waals surface area contributed by atoms with Gasteiger partial charge in [0.15, 0.2) is 0 Å². The highest BCUT2D eigenvalue weighted by Crippen LogP contribution is 2.33. The summed E-state index contributed by atoms with van der Waals surface area (Å²) < 4.78 is 2.05. The SMILES string of the molecule is CCCCN1C(=O)/C(=C\c2c(NCC)nc3c(C)cccn3c2=O)SC1=S. The second-order valence-corrected chi connectivity index (χ2v) is 7.96. The summed E-state index contributed by atoms with van der Waals surface area (Å²) in [6.07, 6.45) is 5.18. The highest BCUT2D eigenvalue weighted by Gasteiger charge is 2.32. The molecule has 8 heteroatoms. The summed E-state index contributed by atoms with van der Waals surface area (Å²) >= 11 is 6.58. The number of nitrogens with one attached hydrogen (secondary N) is 1. The van der Waals surface area contributed by atoms with E-state index in [2.05, 4.69) is 17.2 Å². The van der Waals surface area contributed by atoms with E-state index in [4.69, 9.17) is 12.2 Å². The van der Waals surface area contributed by atoms with Crippen LogP contribution in [-0.4, -0.2) is 37.6 Å². The fraction of sp³-hybridized carbons (Fsp3) is 0.368. The van der Waals surface area contributed by atoms with Gasteiger partial charge in [0.2, 0.25) is 0 Å². The standard InChI is InChI=1S/C19H22N4O2S2/c1-4-6-9-23-18(25)14(27-19(23)26)11-13-15(20-5-2)21-16-12(3)8-7-10-22(16)17(13)24/h7-8,10-11,20H,4-6,9H2,1-3H3/b14-11+. The molecule has 0 spiro atoms. The molecule has 2 aromatic heterocycles. The van der Waals surface area contributed by atoms with Crippen LogP contribution in [0.5, 0.6) is 0 Å². The Morgan fingerprint density at radius 2 is 2.11 bits per heavy atom. The summed E-state index contributed by atoms with van der Waals surface area (Å²) in [5.74, 6) is 0.338. The van der Waals surface area contributed by atoms with Gasteiger partial charge in [0.1, 0.15) is 15.8 Å². The molecule has 1 amide bonds. The van der Waals surface area contributed by atoms with Crippen molar-refractivity contribution in [1.82, 2.24) is 14.3 Å². The first-order chi connectivity index (χ1) is 13.0. The molecule has 6 nitrogen and oxygen atoms in total. The van der Waals surface area contributed by atoms with Gasteiger partial charge in [-0.1, -0.05) is 43.4 Å². The summed E-state index contributed by atoms with van der Waals surface area (Å²) in [7, 11) is 0. The molecule has 142 valence electrons. The van der Waals surface area contributed by atoms with Crippen molar-refractivity contribution in [2.75, 3.05) is 18.4 Å². The Bertz CT molecular complexity index is 997. The fourth-order valence-corrected chi connectivity index (χ4v) is 4.17. The average molecular weight is 403 g/mol. The maximum absolute atomic E-state index is 13.1. The predicted molar refractivity (Wildman–Crippen MR) is 115 cm³/mol. The Kier molecular flexibility index (Phi) is 5.96. The molecular weight excluding hydrogens is 380 g/mol. The number of pyridine rings is 1. The zero-order valence-electron chi connectivity index (χ0n) is 15.6. The van der Waals surface area contributed by atoms with E-state index in [1.165, 1.54) is 16.2 Å². The number of nitrogens with zero attached hydrogens (tertiary/aromatic N) is 3. The maximum Gasteiger partial charge on any atom is 0.267 e. The Morgan fingerprint density at radius 3 is 2.81 bits per heavy atom. The van der Waals surface area contributed by atoms with Crippen molar-refractivity contribution in [1.29, 1.82) is 0 Å². The monoisotopic (exact) mass is 402 g/mol. The third-order valence-electron chi connectivity index (χ3n) is 4.31. The van der Waals surface area contributed by atoms with E-state index in [0.717, 1.165) is 18.4 Å². The molecular formula is C19H22N4O2S2. The minimum Gasteiger partial charge on any atom is -0.370 e. The average Bonchev–Trinajstić information content (AvgIpc) is 2.91. The lowest BCUT2D eigenvalue weighted by Gasteiger charge is -2.13. The molecule has 1 aliphatic heterocycles. The van der Waals surface area contributed by atoms with Crippen molar-refractivity contribution in [2.45, 2.75) is 33.6 Å². The van der Waals surface area contributed by atoms with Crippen molar-refractivity contribution in [3.05, 3.63) is 44.7 Å². The number of unbranched alkanes of at least 4 members (excludes halogenated alkanes) is 1. The van der Waals surface area contributed by atoms with E-state index >= 15 is 0 Å². The number of aromatic nitrogens is 2. The van der Waals surface area contributed by atoms with Gasteiger partial charge in [-0.05, 0) is 38.0 Å². The zero-order valence-corrected chi connectivity index (χ0v) is 17.2. The maximum atomic E-state index is 13.1. The molecule has 0 aliphatic carbocycles. The van der Waals surface area contributed by atoms with Gasteiger partial charge in [0, 0.05) is 19.3 Å². The van der Waals surface area contributed by atoms with Gasteiger partial charge in [-0.15, -0.1) is 0 Å². The van der Waals surface area contributed by atoms with Crippen LogP contribution in [0.4, 0.5) is 5.82 Å². The second-order valence-electron chi connectivity index (χ2n) is 6.28. The molecule has 27 heavy (non-hydrogen) atoms. The number of thiocarbonyl (C=S) groups is 1. The second kappa shape index (κ2) is 8.22. The first kappa shape index (κ1) is 19.6. The summed E-state index contributed by atoms with van der Waals surface area (Å²) in [6, 6.07) is 3.72. The van der Waals surface area contributed by atoms with Crippen LogP contribution >= 0.6 is 24.0 Å². The third-order valence-corrected chi connectivity index (χ3v) is 5.69. The van der Waals surface area contributed by atoms with Crippen molar-refractivity contribution < 1.29 is 4.79 Å². The van der Waals surface area contributed by atoms with Crippen LogP contribution in [0.25, 0.3) is 11.7 Å². The van der Waals surface area contributed by atoms with E-state index < -0.39 is 0 Å². The van der Waals surface area contributed by atoms with E-state index in [-0.39, 0.29) is 11.5 Å². The van der Waals surface area contributed by atoms with Gasteiger partial charge in [-0.2, -0.15) is 0 Å². The molecule has 2 aromatic rings. The quantitative estimate of drug-likeness (QED) is 0.590.